The van der Waals surface area contributed by atoms with Crippen LogP contribution in [0.15, 0.2) is 36.4 Å². The van der Waals surface area contributed by atoms with E-state index in [0.29, 0.717) is 22.7 Å². The zero-order valence-corrected chi connectivity index (χ0v) is 16.9. The molecule has 0 fully saturated rings. The molecule has 0 spiro atoms. The van der Waals surface area contributed by atoms with E-state index in [2.05, 4.69) is 33.0 Å². The highest BCUT2D eigenvalue weighted by atomic mass is 32.1. The van der Waals surface area contributed by atoms with Crippen molar-refractivity contribution in [2.75, 3.05) is 11.9 Å². The van der Waals surface area contributed by atoms with Crippen LogP contribution in [0.25, 0.3) is 0 Å². The number of carbonyl (C=O) groups excluding carboxylic acids is 2. The Labute approximate surface area is 159 Å². The Morgan fingerprint density at radius 1 is 1.19 bits per heavy atom. The molecular formula is C21H27NO3S. The summed E-state index contributed by atoms with van der Waals surface area (Å²) in [6, 6.07) is 10.8. The number of hydrogen-bond acceptors (Lipinski definition) is 4. The average Bonchev–Trinajstić information content (AvgIpc) is 2.98. The number of rotatable bonds is 6. The van der Waals surface area contributed by atoms with Gasteiger partial charge >= 0.3 is 5.97 Å². The zero-order valence-electron chi connectivity index (χ0n) is 16.1. The number of amides is 1. The van der Waals surface area contributed by atoms with Gasteiger partial charge in [-0.25, -0.2) is 4.79 Å². The molecule has 1 atom stereocenters. The van der Waals surface area contributed by atoms with Crippen molar-refractivity contribution < 1.29 is 14.3 Å². The van der Waals surface area contributed by atoms with E-state index < -0.39 is 5.97 Å². The molecule has 5 heteroatoms. The van der Waals surface area contributed by atoms with E-state index in [0.717, 1.165) is 11.3 Å². The lowest BCUT2D eigenvalue weighted by atomic mass is 9.85. The Morgan fingerprint density at radius 3 is 2.42 bits per heavy atom. The molecule has 1 heterocycles. The van der Waals surface area contributed by atoms with Crippen molar-refractivity contribution in [3.8, 4) is 0 Å². The fourth-order valence-electron chi connectivity index (χ4n) is 2.89. The van der Waals surface area contributed by atoms with Crippen LogP contribution in [0.2, 0.25) is 0 Å². The van der Waals surface area contributed by atoms with Crippen molar-refractivity contribution in [2.45, 2.75) is 47.0 Å². The molecule has 0 saturated heterocycles. The number of nitrogens with one attached hydrogen (secondary N) is 1. The minimum absolute atomic E-state index is 0.181. The third-order valence-corrected chi connectivity index (χ3v) is 5.20. The highest BCUT2D eigenvalue weighted by Gasteiger charge is 2.24. The highest BCUT2D eigenvalue weighted by Crippen LogP contribution is 2.38. The van der Waals surface area contributed by atoms with E-state index >= 15 is 0 Å². The van der Waals surface area contributed by atoms with E-state index in [1.165, 1.54) is 11.3 Å². The van der Waals surface area contributed by atoms with Gasteiger partial charge < -0.3 is 10.1 Å². The van der Waals surface area contributed by atoms with Crippen molar-refractivity contribution in [3.63, 3.8) is 0 Å². The minimum atomic E-state index is -0.402. The Hall–Kier alpha value is -2.14. The van der Waals surface area contributed by atoms with Gasteiger partial charge in [-0.3, -0.25) is 4.79 Å². The lowest BCUT2D eigenvalue weighted by molar-refractivity contribution is 0.0528. The van der Waals surface area contributed by atoms with Crippen LogP contribution in [0.4, 0.5) is 5.00 Å². The second-order valence-electron chi connectivity index (χ2n) is 7.60. The molecule has 140 valence electrons. The van der Waals surface area contributed by atoms with Crippen LogP contribution in [0, 0.1) is 5.41 Å². The zero-order chi connectivity index (χ0) is 19.3. The van der Waals surface area contributed by atoms with Crippen LogP contribution < -0.4 is 5.32 Å². The van der Waals surface area contributed by atoms with Gasteiger partial charge in [0.2, 0.25) is 0 Å². The smallest absolute Gasteiger partial charge is 0.341 e. The molecule has 1 aromatic carbocycles. The molecule has 0 aliphatic carbocycles. The SMILES string of the molecule is CCOC(=O)c1cc([C@@H](C)CC(C)(C)C)sc1NC(=O)c1ccccc1. The molecular weight excluding hydrogens is 346 g/mol. The summed E-state index contributed by atoms with van der Waals surface area (Å²) in [5.41, 5.74) is 1.16. The number of hydrogen-bond donors (Lipinski definition) is 1. The number of benzene rings is 1. The summed E-state index contributed by atoms with van der Waals surface area (Å²) in [6.07, 6.45) is 0.988. The summed E-state index contributed by atoms with van der Waals surface area (Å²) < 4.78 is 5.17. The van der Waals surface area contributed by atoms with E-state index in [1.807, 2.05) is 24.3 Å². The minimum Gasteiger partial charge on any atom is -0.462 e. The van der Waals surface area contributed by atoms with Gasteiger partial charge in [0.15, 0.2) is 0 Å². The third-order valence-electron chi connectivity index (χ3n) is 3.91. The molecule has 0 bridgehead atoms. The maximum Gasteiger partial charge on any atom is 0.341 e. The van der Waals surface area contributed by atoms with Gasteiger partial charge in [-0.2, -0.15) is 0 Å². The standard InChI is InChI=1S/C21H27NO3S/c1-6-25-20(24)16-12-17(14(2)13-21(3,4)5)26-19(16)22-18(23)15-10-8-7-9-11-15/h7-12,14H,6,13H2,1-5H3,(H,22,23)/t14-/m0/s1. The lowest BCUT2D eigenvalue weighted by Crippen LogP contribution is -2.14. The molecule has 0 aliphatic rings. The average molecular weight is 374 g/mol. The van der Waals surface area contributed by atoms with Gasteiger partial charge in [0.05, 0.1) is 12.2 Å². The molecule has 0 unspecified atom stereocenters. The summed E-state index contributed by atoms with van der Waals surface area (Å²) in [7, 11) is 0. The normalized spacial score (nSPS) is 12.5. The topological polar surface area (TPSA) is 55.4 Å². The molecule has 0 aliphatic heterocycles. The van der Waals surface area contributed by atoms with Gasteiger partial charge in [-0.15, -0.1) is 11.3 Å². The number of thiophene rings is 1. The first-order valence-corrected chi connectivity index (χ1v) is 9.70. The van der Waals surface area contributed by atoms with E-state index in [9.17, 15) is 9.59 Å². The maximum atomic E-state index is 12.5. The largest absolute Gasteiger partial charge is 0.462 e. The Bertz CT molecular complexity index is 759. The van der Waals surface area contributed by atoms with Crippen LogP contribution in [0.1, 0.15) is 72.6 Å². The number of carbonyl (C=O) groups is 2. The summed E-state index contributed by atoms with van der Waals surface area (Å²) >= 11 is 1.45. The van der Waals surface area contributed by atoms with E-state index in [1.54, 1.807) is 19.1 Å². The molecule has 1 N–H and O–H groups in total. The van der Waals surface area contributed by atoms with Crippen molar-refractivity contribution >= 4 is 28.2 Å². The quantitative estimate of drug-likeness (QED) is 0.659. The van der Waals surface area contributed by atoms with Crippen LogP contribution in [0.3, 0.4) is 0 Å². The summed E-state index contributed by atoms with van der Waals surface area (Å²) in [4.78, 5) is 25.9. The first-order chi connectivity index (χ1) is 12.2. The first-order valence-electron chi connectivity index (χ1n) is 8.88. The highest BCUT2D eigenvalue weighted by molar-refractivity contribution is 7.16. The van der Waals surface area contributed by atoms with Crippen molar-refractivity contribution in [1.29, 1.82) is 0 Å². The molecule has 2 aromatic rings. The van der Waals surface area contributed by atoms with Crippen LogP contribution in [-0.2, 0) is 4.74 Å². The molecule has 2 rings (SSSR count). The second-order valence-corrected chi connectivity index (χ2v) is 8.68. The number of ether oxygens (including phenoxy) is 1. The van der Waals surface area contributed by atoms with Gasteiger partial charge in [-0.1, -0.05) is 45.9 Å². The lowest BCUT2D eigenvalue weighted by Gasteiger charge is -2.22. The molecule has 0 saturated carbocycles. The van der Waals surface area contributed by atoms with E-state index in [-0.39, 0.29) is 17.2 Å². The number of esters is 1. The van der Waals surface area contributed by atoms with Crippen LogP contribution in [-0.4, -0.2) is 18.5 Å². The number of anilines is 1. The van der Waals surface area contributed by atoms with Gasteiger partial charge in [-0.05, 0) is 42.9 Å². The second kappa shape index (κ2) is 8.49. The van der Waals surface area contributed by atoms with Gasteiger partial charge in [0.1, 0.15) is 5.00 Å². The Balaban J connectivity index is 2.30. The van der Waals surface area contributed by atoms with E-state index in [4.69, 9.17) is 4.74 Å². The van der Waals surface area contributed by atoms with Gasteiger partial charge in [0, 0.05) is 10.4 Å². The Morgan fingerprint density at radius 2 is 1.85 bits per heavy atom. The van der Waals surface area contributed by atoms with Crippen molar-refractivity contribution in [2.24, 2.45) is 5.41 Å². The van der Waals surface area contributed by atoms with Crippen molar-refractivity contribution in [1.82, 2.24) is 0 Å². The molecule has 26 heavy (non-hydrogen) atoms. The van der Waals surface area contributed by atoms with Crippen LogP contribution in [0.5, 0.6) is 0 Å². The Kier molecular flexibility index (Phi) is 6.59. The first kappa shape index (κ1) is 20.2. The summed E-state index contributed by atoms with van der Waals surface area (Å²) in [5, 5.41) is 3.43. The predicted molar refractivity (Wildman–Crippen MR) is 107 cm³/mol. The molecule has 1 aromatic heterocycles. The fourth-order valence-corrected chi connectivity index (χ4v) is 3.98. The van der Waals surface area contributed by atoms with Crippen molar-refractivity contribution in [3.05, 3.63) is 52.4 Å². The summed E-state index contributed by atoms with van der Waals surface area (Å²) in [5.74, 6) is -0.343. The van der Waals surface area contributed by atoms with Crippen LogP contribution >= 0.6 is 11.3 Å². The fraction of sp³-hybridized carbons (Fsp3) is 0.429. The predicted octanol–water partition coefficient (Wildman–Crippen LogP) is 5.72. The third kappa shape index (κ3) is 5.43. The summed E-state index contributed by atoms with van der Waals surface area (Å²) in [6.45, 7) is 10.8. The molecule has 1 amide bonds. The molecule has 4 nitrogen and oxygen atoms in total. The van der Waals surface area contributed by atoms with Gasteiger partial charge in [0.25, 0.3) is 5.91 Å². The molecule has 0 radical (unpaired) electrons. The monoisotopic (exact) mass is 373 g/mol. The maximum absolute atomic E-state index is 12.5.